The monoisotopic (exact) mass is 238 g/mol. The molecule has 94 valence electrons. The fourth-order valence-electron chi connectivity index (χ4n) is 1.89. The summed E-state index contributed by atoms with van der Waals surface area (Å²) >= 11 is 0. The second kappa shape index (κ2) is 6.14. The van der Waals surface area contributed by atoms with E-state index >= 15 is 0 Å². The zero-order chi connectivity index (χ0) is 12.8. The average molecular weight is 238 g/mol. The highest BCUT2D eigenvalue weighted by Gasteiger charge is 2.28. The fourth-order valence-corrected chi connectivity index (χ4v) is 1.89. The molecule has 2 amide bonds. The normalized spacial score (nSPS) is 21.4. The van der Waals surface area contributed by atoms with Crippen molar-refractivity contribution in [2.24, 2.45) is 5.92 Å². The predicted octanol–water partition coefficient (Wildman–Crippen LogP) is 0.904. The summed E-state index contributed by atoms with van der Waals surface area (Å²) in [5, 5.41) is 11.7. The fraction of sp³-hybridized carbons (Fsp3) is 0.667. The molecular formula is C12H18N2O3. The van der Waals surface area contributed by atoms with Crippen LogP contribution in [0.4, 0.5) is 4.79 Å². The van der Waals surface area contributed by atoms with Gasteiger partial charge < -0.3 is 15.3 Å². The Kier molecular flexibility index (Phi) is 4.83. The first-order chi connectivity index (χ1) is 8.04. The molecule has 0 aromatic heterocycles. The number of aliphatic carboxylic acids is 1. The van der Waals surface area contributed by atoms with E-state index in [0.717, 1.165) is 6.42 Å². The predicted molar refractivity (Wildman–Crippen MR) is 63.4 cm³/mol. The second-order valence-electron chi connectivity index (χ2n) is 4.38. The van der Waals surface area contributed by atoms with Gasteiger partial charge in [0.1, 0.15) is 0 Å². The van der Waals surface area contributed by atoms with Gasteiger partial charge in [-0.15, -0.1) is 12.3 Å². The molecule has 5 nitrogen and oxygen atoms in total. The van der Waals surface area contributed by atoms with Crippen LogP contribution in [0.5, 0.6) is 0 Å². The molecule has 1 rings (SSSR count). The lowest BCUT2D eigenvalue weighted by molar-refractivity contribution is -0.143. The van der Waals surface area contributed by atoms with Gasteiger partial charge in [0, 0.05) is 25.6 Å². The number of carbonyl (C=O) groups is 2. The van der Waals surface area contributed by atoms with Crippen molar-refractivity contribution >= 4 is 12.0 Å². The van der Waals surface area contributed by atoms with Crippen molar-refractivity contribution in [2.45, 2.75) is 32.2 Å². The molecule has 0 aromatic rings. The Labute approximate surface area is 101 Å². The van der Waals surface area contributed by atoms with Gasteiger partial charge in [-0.2, -0.15) is 0 Å². The lowest BCUT2D eigenvalue weighted by Gasteiger charge is -2.31. The third-order valence-corrected chi connectivity index (χ3v) is 2.85. The van der Waals surface area contributed by atoms with E-state index in [1.54, 1.807) is 4.90 Å². The molecule has 1 aliphatic heterocycles. The van der Waals surface area contributed by atoms with Crippen LogP contribution in [0.3, 0.4) is 0 Å². The number of carboxylic acids is 1. The molecular weight excluding hydrogens is 220 g/mol. The first-order valence-electron chi connectivity index (χ1n) is 5.76. The smallest absolute Gasteiger partial charge is 0.317 e. The van der Waals surface area contributed by atoms with Crippen LogP contribution >= 0.6 is 0 Å². The van der Waals surface area contributed by atoms with Crippen molar-refractivity contribution in [2.75, 3.05) is 13.1 Å². The Morgan fingerprint density at radius 3 is 2.94 bits per heavy atom. The number of carboxylic acid groups (broad SMARTS) is 1. The van der Waals surface area contributed by atoms with Crippen molar-refractivity contribution in [3.8, 4) is 12.3 Å². The molecule has 1 aliphatic rings. The van der Waals surface area contributed by atoms with E-state index in [9.17, 15) is 9.59 Å². The average Bonchev–Trinajstić information content (AvgIpc) is 2.29. The first kappa shape index (κ1) is 13.4. The number of nitrogens with one attached hydrogen (secondary N) is 1. The molecule has 5 heteroatoms. The molecule has 0 bridgehead atoms. The molecule has 1 unspecified atom stereocenters. The standard InChI is InChI=1S/C12H18N2O3/c1-3-5-9(2)13-12(17)14-7-4-6-10(8-14)11(15)16/h1,9-10H,4-8H2,2H3,(H,13,17)(H,15,16)/t9?,10-/m0/s1. The van der Waals surface area contributed by atoms with E-state index in [-0.39, 0.29) is 18.6 Å². The van der Waals surface area contributed by atoms with Gasteiger partial charge in [0.25, 0.3) is 0 Å². The molecule has 1 saturated heterocycles. The summed E-state index contributed by atoms with van der Waals surface area (Å²) in [4.78, 5) is 24.2. The summed E-state index contributed by atoms with van der Waals surface area (Å²) in [6.45, 7) is 2.72. The van der Waals surface area contributed by atoms with E-state index < -0.39 is 11.9 Å². The van der Waals surface area contributed by atoms with E-state index in [4.69, 9.17) is 11.5 Å². The van der Waals surface area contributed by atoms with E-state index in [1.165, 1.54) is 0 Å². The van der Waals surface area contributed by atoms with Gasteiger partial charge in [0.05, 0.1) is 5.92 Å². The molecule has 0 aromatic carbocycles. The number of nitrogens with zero attached hydrogens (tertiary/aromatic N) is 1. The van der Waals surface area contributed by atoms with Gasteiger partial charge in [-0.05, 0) is 19.8 Å². The quantitative estimate of drug-likeness (QED) is 0.718. The molecule has 17 heavy (non-hydrogen) atoms. The summed E-state index contributed by atoms with van der Waals surface area (Å²) < 4.78 is 0. The van der Waals surface area contributed by atoms with Gasteiger partial charge in [0.2, 0.25) is 0 Å². The number of carbonyl (C=O) groups excluding carboxylic acids is 1. The van der Waals surface area contributed by atoms with Crippen LogP contribution in [0.2, 0.25) is 0 Å². The molecule has 0 spiro atoms. The second-order valence-corrected chi connectivity index (χ2v) is 4.38. The molecule has 0 aliphatic carbocycles. The summed E-state index contributed by atoms with van der Waals surface area (Å²) in [6, 6.07) is -0.309. The molecule has 2 atom stereocenters. The lowest BCUT2D eigenvalue weighted by atomic mass is 9.99. The Morgan fingerprint density at radius 1 is 1.65 bits per heavy atom. The number of likely N-dealkylation sites (tertiary alicyclic amines) is 1. The largest absolute Gasteiger partial charge is 0.481 e. The third-order valence-electron chi connectivity index (χ3n) is 2.85. The van der Waals surface area contributed by atoms with Crippen molar-refractivity contribution in [3.63, 3.8) is 0 Å². The van der Waals surface area contributed by atoms with Crippen molar-refractivity contribution in [3.05, 3.63) is 0 Å². The maximum absolute atomic E-state index is 11.8. The van der Waals surface area contributed by atoms with Gasteiger partial charge in [-0.25, -0.2) is 4.79 Å². The number of amides is 2. The Bertz CT molecular complexity index is 335. The van der Waals surface area contributed by atoms with Crippen LogP contribution < -0.4 is 5.32 Å². The minimum Gasteiger partial charge on any atom is -0.481 e. The number of terminal acetylenes is 1. The highest BCUT2D eigenvalue weighted by atomic mass is 16.4. The van der Waals surface area contributed by atoms with E-state index in [0.29, 0.717) is 19.4 Å². The number of hydrogen-bond acceptors (Lipinski definition) is 2. The SMILES string of the molecule is C#CCC(C)NC(=O)N1CCC[C@H](C(=O)O)C1. The van der Waals surface area contributed by atoms with E-state index in [1.807, 2.05) is 6.92 Å². The molecule has 1 heterocycles. The number of hydrogen-bond donors (Lipinski definition) is 2. The number of urea groups is 1. The zero-order valence-electron chi connectivity index (χ0n) is 9.98. The summed E-state index contributed by atoms with van der Waals surface area (Å²) in [7, 11) is 0. The highest BCUT2D eigenvalue weighted by Crippen LogP contribution is 2.16. The molecule has 0 saturated carbocycles. The van der Waals surface area contributed by atoms with Crippen molar-refractivity contribution in [1.29, 1.82) is 0 Å². The van der Waals surface area contributed by atoms with Crippen LogP contribution in [-0.4, -0.2) is 41.1 Å². The van der Waals surface area contributed by atoms with Gasteiger partial charge in [0.15, 0.2) is 0 Å². The lowest BCUT2D eigenvalue weighted by Crippen LogP contribution is -2.49. The van der Waals surface area contributed by atoms with Crippen LogP contribution in [-0.2, 0) is 4.79 Å². The Hall–Kier alpha value is -1.70. The summed E-state index contributed by atoms with van der Waals surface area (Å²) in [6.07, 6.45) is 6.99. The molecule has 2 N–H and O–H groups in total. The zero-order valence-corrected chi connectivity index (χ0v) is 9.98. The van der Waals surface area contributed by atoms with Crippen molar-refractivity contribution < 1.29 is 14.7 Å². The Balaban J connectivity index is 2.46. The number of piperidine rings is 1. The molecule has 0 radical (unpaired) electrons. The summed E-state index contributed by atoms with van der Waals surface area (Å²) in [5.41, 5.74) is 0. The topological polar surface area (TPSA) is 69.6 Å². The van der Waals surface area contributed by atoms with Crippen molar-refractivity contribution in [1.82, 2.24) is 10.2 Å². The highest BCUT2D eigenvalue weighted by molar-refractivity contribution is 5.76. The van der Waals surface area contributed by atoms with Gasteiger partial charge >= 0.3 is 12.0 Å². The van der Waals surface area contributed by atoms with Crippen LogP contribution in [0.25, 0.3) is 0 Å². The minimum atomic E-state index is -0.834. The number of rotatable bonds is 3. The van der Waals surface area contributed by atoms with Gasteiger partial charge in [-0.1, -0.05) is 0 Å². The summed E-state index contributed by atoms with van der Waals surface area (Å²) in [5.74, 6) is 1.19. The van der Waals surface area contributed by atoms with Crippen LogP contribution in [0.15, 0.2) is 0 Å². The minimum absolute atomic E-state index is 0.0855. The maximum atomic E-state index is 11.8. The maximum Gasteiger partial charge on any atom is 0.317 e. The van der Waals surface area contributed by atoms with Crippen LogP contribution in [0.1, 0.15) is 26.2 Å². The molecule has 1 fully saturated rings. The van der Waals surface area contributed by atoms with E-state index in [2.05, 4.69) is 11.2 Å². The first-order valence-corrected chi connectivity index (χ1v) is 5.76. The Morgan fingerprint density at radius 2 is 2.35 bits per heavy atom. The van der Waals surface area contributed by atoms with Crippen LogP contribution in [0, 0.1) is 18.3 Å². The third kappa shape index (κ3) is 3.99. The van der Waals surface area contributed by atoms with Gasteiger partial charge in [-0.3, -0.25) is 4.79 Å².